The summed E-state index contributed by atoms with van der Waals surface area (Å²) in [4.78, 5) is 13.6. The molecule has 0 radical (unpaired) electrons. The van der Waals surface area contributed by atoms with E-state index in [0.717, 1.165) is 25.9 Å². The first-order valence-electron chi connectivity index (χ1n) is 5.92. The van der Waals surface area contributed by atoms with Crippen LogP contribution in [0, 0.1) is 5.92 Å². The van der Waals surface area contributed by atoms with E-state index in [-0.39, 0.29) is 5.92 Å². The maximum Gasteiger partial charge on any atom is 0.225 e. The van der Waals surface area contributed by atoms with Gasteiger partial charge in [0.25, 0.3) is 0 Å². The lowest BCUT2D eigenvalue weighted by molar-refractivity contribution is -0.130. The molecular formula is C14H21NO. The molecular weight excluding hydrogens is 198 g/mol. The van der Waals surface area contributed by atoms with Crippen LogP contribution in [-0.2, 0) is 4.79 Å². The fourth-order valence-electron chi connectivity index (χ4n) is 1.85. The van der Waals surface area contributed by atoms with Crippen molar-refractivity contribution in [2.24, 2.45) is 5.92 Å². The van der Waals surface area contributed by atoms with E-state index in [9.17, 15) is 4.79 Å². The van der Waals surface area contributed by atoms with Crippen LogP contribution < -0.4 is 0 Å². The highest BCUT2D eigenvalue weighted by atomic mass is 16.2. The molecule has 0 aliphatic carbocycles. The average Bonchev–Trinajstić information content (AvgIpc) is 2.61. The van der Waals surface area contributed by atoms with Crippen molar-refractivity contribution in [3.63, 3.8) is 0 Å². The number of hydrogen-bond acceptors (Lipinski definition) is 1. The maximum atomic E-state index is 11.7. The number of hydrogen-bond donors (Lipinski definition) is 0. The molecule has 1 unspecified atom stereocenters. The number of likely N-dealkylation sites (tertiary alicyclic amines) is 1. The highest BCUT2D eigenvalue weighted by Crippen LogP contribution is 2.18. The highest BCUT2D eigenvalue weighted by Gasteiger charge is 2.27. The first kappa shape index (κ1) is 12.8. The van der Waals surface area contributed by atoms with Gasteiger partial charge in [0.15, 0.2) is 0 Å². The van der Waals surface area contributed by atoms with Gasteiger partial charge >= 0.3 is 0 Å². The molecule has 0 aromatic rings. The minimum Gasteiger partial charge on any atom is -0.342 e. The van der Waals surface area contributed by atoms with Crippen LogP contribution in [0.25, 0.3) is 0 Å². The Morgan fingerprint density at radius 1 is 1.62 bits per heavy atom. The van der Waals surface area contributed by atoms with Crippen LogP contribution in [0.4, 0.5) is 0 Å². The van der Waals surface area contributed by atoms with E-state index in [2.05, 4.69) is 12.7 Å². The van der Waals surface area contributed by atoms with Crippen molar-refractivity contribution in [1.29, 1.82) is 0 Å². The lowest BCUT2D eigenvalue weighted by Crippen LogP contribution is -2.27. The van der Waals surface area contributed by atoms with Crippen molar-refractivity contribution < 1.29 is 4.79 Å². The van der Waals surface area contributed by atoms with E-state index in [1.165, 1.54) is 5.57 Å². The molecule has 2 nitrogen and oxygen atoms in total. The predicted molar refractivity (Wildman–Crippen MR) is 68.1 cm³/mol. The van der Waals surface area contributed by atoms with Gasteiger partial charge in [-0.3, -0.25) is 4.79 Å². The summed E-state index contributed by atoms with van der Waals surface area (Å²) in [6.45, 7) is 9.51. The topological polar surface area (TPSA) is 20.3 Å². The van der Waals surface area contributed by atoms with E-state index < -0.39 is 0 Å². The zero-order valence-electron chi connectivity index (χ0n) is 10.3. The molecule has 1 amide bonds. The van der Waals surface area contributed by atoms with Crippen LogP contribution in [0.5, 0.6) is 0 Å². The van der Waals surface area contributed by atoms with Crippen LogP contribution in [0.1, 0.15) is 26.7 Å². The van der Waals surface area contributed by atoms with E-state index in [1.807, 2.05) is 37.0 Å². The van der Waals surface area contributed by atoms with Gasteiger partial charge < -0.3 is 4.90 Å². The molecule has 0 aromatic carbocycles. The quantitative estimate of drug-likeness (QED) is 0.651. The van der Waals surface area contributed by atoms with Crippen LogP contribution in [-0.4, -0.2) is 23.9 Å². The second kappa shape index (κ2) is 6.31. The van der Waals surface area contributed by atoms with Crippen molar-refractivity contribution in [2.45, 2.75) is 26.7 Å². The molecule has 16 heavy (non-hydrogen) atoms. The van der Waals surface area contributed by atoms with E-state index in [4.69, 9.17) is 0 Å². The van der Waals surface area contributed by atoms with Crippen LogP contribution in [0.3, 0.4) is 0 Å². The maximum absolute atomic E-state index is 11.7. The molecule has 1 heterocycles. The second-order valence-corrected chi connectivity index (χ2v) is 4.24. The number of carbonyl (C=O) groups excluding carboxylic acids is 1. The summed E-state index contributed by atoms with van der Waals surface area (Å²) in [6.07, 6.45) is 9.81. The molecule has 1 rings (SSSR count). The van der Waals surface area contributed by atoms with E-state index in [1.54, 1.807) is 0 Å². The Bertz CT molecular complexity index is 315. The van der Waals surface area contributed by atoms with Gasteiger partial charge in [-0.1, -0.05) is 37.8 Å². The standard InChI is InChI=1S/C14H21NO/c1-4-6-7-13(5-2)9-11-15-10-8-12(3)14(15)16/h4-7,12H,2,8-11H2,1,3H3/b6-4-,13-7+. The van der Waals surface area contributed by atoms with Gasteiger partial charge in [0.2, 0.25) is 5.91 Å². The van der Waals surface area contributed by atoms with Crippen molar-refractivity contribution in [1.82, 2.24) is 4.90 Å². The van der Waals surface area contributed by atoms with Gasteiger partial charge in [-0.2, -0.15) is 0 Å². The third kappa shape index (κ3) is 3.37. The molecule has 0 spiro atoms. The normalized spacial score (nSPS) is 22.1. The Balaban J connectivity index is 2.44. The van der Waals surface area contributed by atoms with Gasteiger partial charge in [0, 0.05) is 19.0 Å². The van der Waals surface area contributed by atoms with Crippen molar-refractivity contribution in [2.75, 3.05) is 13.1 Å². The molecule has 0 aromatic heterocycles. The third-order valence-corrected chi connectivity index (χ3v) is 3.00. The fourth-order valence-corrected chi connectivity index (χ4v) is 1.85. The summed E-state index contributed by atoms with van der Waals surface area (Å²) in [5.74, 6) is 0.515. The number of rotatable bonds is 5. The van der Waals surface area contributed by atoms with E-state index in [0.29, 0.717) is 5.91 Å². The summed E-state index contributed by atoms with van der Waals surface area (Å²) in [6, 6.07) is 0. The fraction of sp³-hybridized carbons (Fsp3) is 0.500. The van der Waals surface area contributed by atoms with Crippen molar-refractivity contribution >= 4 is 5.91 Å². The zero-order chi connectivity index (χ0) is 12.0. The largest absolute Gasteiger partial charge is 0.342 e. The monoisotopic (exact) mass is 219 g/mol. The highest BCUT2D eigenvalue weighted by molar-refractivity contribution is 5.80. The van der Waals surface area contributed by atoms with E-state index >= 15 is 0 Å². The van der Waals surface area contributed by atoms with Crippen LogP contribution in [0.15, 0.2) is 36.5 Å². The molecule has 1 fully saturated rings. The molecule has 0 bridgehead atoms. The molecule has 1 saturated heterocycles. The summed E-state index contributed by atoms with van der Waals surface area (Å²) in [7, 11) is 0. The summed E-state index contributed by atoms with van der Waals surface area (Å²) >= 11 is 0. The summed E-state index contributed by atoms with van der Waals surface area (Å²) in [5, 5.41) is 0. The summed E-state index contributed by atoms with van der Waals surface area (Å²) < 4.78 is 0. The third-order valence-electron chi connectivity index (χ3n) is 3.00. The van der Waals surface area contributed by atoms with Gasteiger partial charge in [0.05, 0.1) is 0 Å². The van der Waals surface area contributed by atoms with Crippen molar-refractivity contribution in [3.8, 4) is 0 Å². The summed E-state index contributed by atoms with van der Waals surface area (Å²) in [5.41, 5.74) is 1.19. The Hall–Kier alpha value is -1.31. The van der Waals surface area contributed by atoms with Gasteiger partial charge in [-0.25, -0.2) is 0 Å². The minimum absolute atomic E-state index is 0.215. The number of carbonyl (C=O) groups is 1. The molecule has 88 valence electrons. The van der Waals surface area contributed by atoms with Gasteiger partial charge in [0.1, 0.15) is 0 Å². The lowest BCUT2D eigenvalue weighted by Gasteiger charge is -2.16. The first-order valence-corrected chi connectivity index (χ1v) is 5.92. The SMILES string of the molecule is C=C/C(=C\C=C/C)CCN1CCC(C)C1=O. The predicted octanol–water partition coefficient (Wildman–Crippen LogP) is 2.93. The second-order valence-electron chi connectivity index (χ2n) is 4.24. The Kier molecular flexibility index (Phi) is 5.03. The number of nitrogens with zero attached hydrogens (tertiary/aromatic N) is 1. The smallest absolute Gasteiger partial charge is 0.225 e. The van der Waals surface area contributed by atoms with Crippen LogP contribution >= 0.6 is 0 Å². The van der Waals surface area contributed by atoms with Gasteiger partial charge in [-0.05, 0) is 25.3 Å². The van der Waals surface area contributed by atoms with Crippen LogP contribution in [0.2, 0.25) is 0 Å². The molecule has 0 N–H and O–H groups in total. The lowest BCUT2D eigenvalue weighted by atomic mass is 10.1. The number of amides is 1. The van der Waals surface area contributed by atoms with Gasteiger partial charge in [-0.15, -0.1) is 0 Å². The Labute approximate surface area is 98.3 Å². The minimum atomic E-state index is 0.215. The molecule has 0 saturated carbocycles. The zero-order valence-corrected chi connectivity index (χ0v) is 10.3. The molecule has 1 aliphatic heterocycles. The molecule has 1 atom stereocenters. The first-order chi connectivity index (χ1) is 7.69. The number of allylic oxidation sites excluding steroid dienone is 4. The molecule has 1 aliphatic rings. The van der Waals surface area contributed by atoms with Crippen molar-refractivity contribution in [3.05, 3.63) is 36.5 Å². The Morgan fingerprint density at radius 3 is 2.88 bits per heavy atom. The average molecular weight is 219 g/mol. The molecule has 2 heteroatoms. The Morgan fingerprint density at radius 2 is 2.38 bits per heavy atom.